The maximum Gasteiger partial charge on any atom is 0.310 e. The Kier molecular flexibility index (Phi) is 4.75. The molecule has 0 spiro atoms. The highest BCUT2D eigenvalue weighted by molar-refractivity contribution is 5.82. The number of carbonyl (C=O) groups is 2. The number of hydrogen-bond acceptors (Lipinski definition) is 5. The molecule has 17 heavy (non-hydrogen) atoms. The summed E-state index contributed by atoms with van der Waals surface area (Å²) in [7, 11) is 0. The molecule has 0 saturated carbocycles. The third-order valence-corrected chi connectivity index (χ3v) is 1.66. The SMILES string of the molecule is CC(=O)OC(C)=O.c1cnc2ncccc2c1. The average Bonchev–Trinajstić information content (AvgIpc) is 2.28. The van der Waals surface area contributed by atoms with Crippen LogP contribution in [0.25, 0.3) is 11.0 Å². The molecule has 0 atom stereocenters. The molecule has 0 unspecified atom stereocenters. The smallest absolute Gasteiger partial charge is 0.310 e. The summed E-state index contributed by atoms with van der Waals surface area (Å²) in [5.74, 6) is -1.12. The van der Waals surface area contributed by atoms with Gasteiger partial charge in [-0.25, -0.2) is 9.97 Å². The molecule has 0 aliphatic rings. The third-order valence-electron chi connectivity index (χ3n) is 1.66. The second-order valence-corrected chi connectivity index (χ2v) is 3.14. The van der Waals surface area contributed by atoms with Crippen molar-refractivity contribution >= 4 is 23.0 Å². The summed E-state index contributed by atoms with van der Waals surface area (Å²) >= 11 is 0. The molecule has 0 aliphatic heterocycles. The van der Waals surface area contributed by atoms with Crippen molar-refractivity contribution in [2.24, 2.45) is 0 Å². The summed E-state index contributed by atoms with van der Waals surface area (Å²) in [6.45, 7) is 2.36. The highest BCUT2D eigenvalue weighted by Crippen LogP contribution is 2.04. The van der Waals surface area contributed by atoms with Gasteiger partial charge in [-0.3, -0.25) is 9.59 Å². The number of carbonyl (C=O) groups excluding carboxylic acids is 2. The van der Waals surface area contributed by atoms with Crippen molar-refractivity contribution in [3.63, 3.8) is 0 Å². The highest BCUT2D eigenvalue weighted by Gasteiger charge is 1.93. The van der Waals surface area contributed by atoms with E-state index in [2.05, 4.69) is 14.7 Å². The van der Waals surface area contributed by atoms with Crippen LogP contribution in [0.4, 0.5) is 0 Å². The van der Waals surface area contributed by atoms with Crippen molar-refractivity contribution in [2.45, 2.75) is 13.8 Å². The van der Waals surface area contributed by atoms with Gasteiger partial charge < -0.3 is 4.74 Å². The van der Waals surface area contributed by atoms with Gasteiger partial charge >= 0.3 is 11.9 Å². The van der Waals surface area contributed by atoms with E-state index in [0.29, 0.717) is 0 Å². The minimum Gasteiger partial charge on any atom is -0.394 e. The second-order valence-electron chi connectivity index (χ2n) is 3.14. The van der Waals surface area contributed by atoms with Gasteiger partial charge in [0.2, 0.25) is 0 Å². The van der Waals surface area contributed by atoms with Crippen LogP contribution < -0.4 is 0 Å². The standard InChI is InChI=1S/C8H6N2.C4H6O3/c1-3-7-4-2-6-10-8(7)9-5-1;1-3(5)7-4(2)6/h1-6H;1-2H3. The van der Waals surface area contributed by atoms with Gasteiger partial charge in [0.05, 0.1) is 0 Å². The number of fused-ring (bicyclic) bond motifs is 1. The molecule has 2 aromatic heterocycles. The summed E-state index contributed by atoms with van der Waals surface area (Å²) in [5, 5.41) is 1.09. The van der Waals surface area contributed by atoms with Gasteiger partial charge in [0, 0.05) is 31.6 Å². The van der Waals surface area contributed by atoms with Crippen LogP contribution in [0.2, 0.25) is 0 Å². The fourth-order valence-electron chi connectivity index (χ4n) is 1.11. The average molecular weight is 232 g/mol. The molecule has 0 aromatic carbocycles. The molecule has 0 bridgehead atoms. The van der Waals surface area contributed by atoms with Crippen molar-refractivity contribution in [1.29, 1.82) is 0 Å². The van der Waals surface area contributed by atoms with E-state index in [1.807, 2.05) is 24.3 Å². The van der Waals surface area contributed by atoms with Crippen LogP contribution >= 0.6 is 0 Å². The molecule has 2 heterocycles. The fourth-order valence-corrected chi connectivity index (χ4v) is 1.11. The Morgan fingerprint density at radius 1 is 1.00 bits per heavy atom. The summed E-state index contributed by atoms with van der Waals surface area (Å²) in [5.41, 5.74) is 0.810. The van der Waals surface area contributed by atoms with E-state index in [1.54, 1.807) is 12.4 Å². The van der Waals surface area contributed by atoms with Crippen LogP contribution in [0, 0.1) is 0 Å². The lowest BCUT2D eigenvalue weighted by molar-refractivity contribution is -0.156. The van der Waals surface area contributed by atoms with Crippen LogP contribution in [0.1, 0.15) is 13.8 Å². The van der Waals surface area contributed by atoms with E-state index < -0.39 is 11.9 Å². The van der Waals surface area contributed by atoms with E-state index >= 15 is 0 Å². The molecule has 2 aromatic rings. The Morgan fingerprint density at radius 3 is 1.76 bits per heavy atom. The quantitative estimate of drug-likeness (QED) is 0.511. The second kappa shape index (κ2) is 6.32. The molecule has 88 valence electrons. The van der Waals surface area contributed by atoms with E-state index in [4.69, 9.17) is 0 Å². The monoisotopic (exact) mass is 232 g/mol. The zero-order valence-corrected chi connectivity index (χ0v) is 9.58. The molecule has 0 amide bonds. The van der Waals surface area contributed by atoms with Gasteiger partial charge in [0.1, 0.15) is 0 Å². The van der Waals surface area contributed by atoms with Gasteiger partial charge in [-0.2, -0.15) is 0 Å². The zero-order valence-electron chi connectivity index (χ0n) is 9.58. The number of aromatic nitrogens is 2. The Labute approximate surface area is 98.5 Å². The number of esters is 2. The van der Waals surface area contributed by atoms with Gasteiger partial charge in [0.15, 0.2) is 5.65 Å². The molecule has 5 heteroatoms. The first-order valence-corrected chi connectivity index (χ1v) is 4.94. The van der Waals surface area contributed by atoms with Crippen molar-refractivity contribution in [3.8, 4) is 0 Å². The lowest BCUT2D eigenvalue weighted by Crippen LogP contribution is -2.03. The molecule has 0 fully saturated rings. The minimum atomic E-state index is -0.562. The normalized spacial score (nSPS) is 9.06. The summed E-state index contributed by atoms with van der Waals surface area (Å²) < 4.78 is 3.97. The lowest BCUT2D eigenvalue weighted by atomic mass is 10.3. The molecule has 0 saturated heterocycles. The van der Waals surface area contributed by atoms with Crippen molar-refractivity contribution in [2.75, 3.05) is 0 Å². The zero-order chi connectivity index (χ0) is 12.7. The van der Waals surface area contributed by atoms with E-state index in [0.717, 1.165) is 11.0 Å². The highest BCUT2D eigenvalue weighted by atomic mass is 16.6. The Bertz CT molecular complexity index is 448. The maximum absolute atomic E-state index is 9.81. The van der Waals surface area contributed by atoms with Crippen LogP contribution in [0.3, 0.4) is 0 Å². The summed E-state index contributed by atoms with van der Waals surface area (Å²) in [6, 6.07) is 7.80. The van der Waals surface area contributed by atoms with E-state index in [-0.39, 0.29) is 0 Å². The van der Waals surface area contributed by atoms with Crippen LogP contribution in [-0.2, 0) is 14.3 Å². The van der Waals surface area contributed by atoms with Crippen LogP contribution in [0.15, 0.2) is 36.7 Å². The third kappa shape index (κ3) is 4.83. The van der Waals surface area contributed by atoms with Crippen molar-refractivity contribution in [1.82, 2.24) is 9.97 Å². The van der Waals surface area contributed by atoms with Crippen LogP contribution in [0.5, 0.6) is 0 Å². The van der Waals surface area contributed by atoms with Crippen molar-refractivity contribution in [3.05, 3.63) is 36.7 Å². The Hall–Kier alpha value is -2.30. The van der Waals surface area contributed by atoms with Crippen molar-refractivity contribution < 1.29 is 14.3 Å². The predicted molar refractivity (Wildman–Crippen MR) is 62.0 cm³/mol. The first-order chi connectivity index (χ1) is 8.09. The van der Waals surface area contributed by atoms with Gasteiger partial charge in [-0.1, -0.05) is 0 Å². The largest absolute Gasteiger partial charge is 0.394 e. The number of nitrogens with zero attached hydrogens (tertiary/aromatic N) is 2. The number of hydrogen-bond donors (Lipinski definition) is 0. The fraction of sp³-hybridized carbons (Fsp3) is 0.167. The van der Waals surface area contributed by atoms with Gasteiger partial charge in [0.25, 0.3) is 0 Å². The maximum atomic E-state index is 9.81. The molecule has 5 nitrogen and oxygen atoms in total. The number of pyridine rings is 2. The van der Waals surface area contributed by atoms with Gasteiger partial charge in [-0.05, 0) is 24.3 Å². The molecule has 0 radical (unpaired) electrons. The summed E-state index contributed by atoms with van der Waals surface area (Å²) in [4.78, 5) is 27.8. The number of ether oxygens (including phenoxy) is 1. The lowest BCUT2D eigenvalue weighted by Gasteiger charge is -1.90. The first kappa shape index (κ1) is 12.8. The topological polar surface area (TPSA) is 69.2 Å². The molecule has 0 N–H and O–H groups in total. The minimum absolute atomic E-state index is 0.562. The number of rotatable bonds is 0. The van der Waals surface area contributed by atoms with E-state index in [1.165, 1.54) is 13.8 Å². The Balaban J connectivity index is 0.000000185. The Morgan fingerprint density at radius 2 is 1.47 bits per heavy atom. The van der Waals surface area contributed by atoms with E-state index in [9.17, 15) is 9.59 Å². The molecular weight excluding hydrogens is 220 g/mol. The molecular formula is C12H12N2O3. The first-order valence-electron chi connectivity index (χ1n) is 4.94. The van der Waals surface area contributed by atoms with Crippen LogP contribution in [-0.4, -0.2) is 21.9 Å². The van der Waals surface area contributed by atoms with Gasteiger partial charge in [-0.15, -0.1) is 0 Å². The predicted octanol–water partition coefficient (Wildman–Crippen LogP) is 1.73. The molecule has 0 aliphatic carbocycles. The molecule has 2 rings (SSSR count). The summed E-state index contributed by atoms with van der Waals surface area (Å²) in [6.07, 6.45) is 3.49.